The molecule has 1 fully saturated rings. The first kappa shape index (κ1) is 20.8. The van der Waals surface area contributed by atoms with Gasteiger partial charge in [0.05, 0.1) is 20.1 Å². The standard InChI is InChI=1S/C21H24Cl2N2O3/c1-27-19-9-8-15(11-20(19)28-2)24-21(26)14-5-4-10-25(12-14)13-16-17(22)6-3-7-18(16)23/h3,6-9,11,14H,4-5,10,12-13H2,1-2H3,(H,24,26). The molecule has 1 atom stereocenters. The molecule has 1 aliphatic heterocycles. The maximum absolute atomic E-state index is 12.8. The van der Waals surface area contributed by atoms with Crippen molar-refractivity contribution in [2.75, 3.05) is 32.6 Å². The van der Waals surface area contributed by atoms with Gasteiger partial charge in [-0.05, 0) is 43.7 Å². The predicted octanol–water partition coefficient (Wildman–Crippen LogP) is 4.86. The molecule has 5 nitrogen and oxygen atoms in total. The SMILES string of the molecule is COc1ccc(NC(=O)C2CCCN(Cc3c(Cl)cccc3Cl)C2)cc1OC. The minimum atomic E-state index is -0.0943. The van der Waals surface area contributed by atoms with Crippen molar-refractivity contribution in [3.63, 3.8) is 0 Å². The van der Waals surface area contributed by atoms with Gasteiger partial charge in [-0.2, -0.15) is 0 Å². The fourth-order valence-corrected chi connectivity index (χ4v) is 4.00. The van der Waals surface area contributed by atoms with Crippen LogP contribution >= 0.6 is 23.2 Å². The molecule has 1 heterocycles. The summed E-state index contributed by atoms with van der Waals surface area (Å²) in [7, 11) is 3.15. The van der Waals surface area contributed by atoms with Crippen molar-refractivity contribution in [2.45, 2.75) is 19.4 Å². The van der Waals surface area contributed by atoms with Crippen molar-refractivity contribution in [1.29, 1.82) is 0 Å². The normalized spacial score (nSPS) is 17.2. The first-order valence-corrected chi connectivity index (χ1v) is 9.95. The highest BCUT2D eigenvalue weighted by Crippen LogP contribution is 2.31. The van der Waals surface area contributed by atoms with E-state index >= 15 is 0 Å². The van der Waals surface area contributed by atoms with Crippen LogP contribution in [0, 0.1) is 5.92 Å². The molecule has 150 valence electrons. The fraction of sp³-hybridized carbons (Fsp3) is 0.381. The van der Waals surface area contributed by atoms with Gasteiger partial charge < -0.3 is 14.8 Å². The van der Waals surface area contributed by atoms with E-state index in [1.807, 2.05) is 24.3 Å². The maximum Gasteiger partial charge on any atom is 0.228 e. The molecule has 1 saturated heterocycles. The summed E-state index contributed by atoms with van der Waals surface area (Å²) in [6.45, 7) is 2.22. The molecule has 7 heteroatoms. The number of methoxy groups -OCH3 is 2. The van der Waals surface area contributed by atoms with Gasteiger partial charge >= 0.3 is 0 Å². The van der Waals surface area contributed by atoms with Crippen molar-refractivity contribution in [2.24, 2.45) is 5.92 Å². The lowest BCUT2D eigenvalue weighted by Crippen LogP contribution is -2.40. The Morgan fingerprint density at radius 3 is 2.54 bits per heavy atom. The molecule has 1 unspecified atom stereocenters. The maximum atomic E-state index is 12.8. The van der Waals surface area contributed by atoms with Gasteiger partial charge in [0.2, 0.25) is 5.91 Å². The molecule has 1 aliphatic rings. The number of hydrogen-bond acceptors (Lipinski definition) is 4. The molecule has 0 saturated carbocycles. The first-order chi connectivity index (χ1) is 13.5. The molecule has 1 amide bonds. The van der Waals surface area contributed by atoms with Crippen molar-refractivity contribution in [1.82, 2.24) is 4.90 Å². The largest absolute Gasteiger partial charge is 0.493 e. The second kappa shape index (κ2) is 9.50. The molecule has 0 aliphatic carbocycles. The zero-order valence-corrected chi connectivity index (χ0v) is 17.5. The fourth-order valence-electron chi connectivity index (χ4n) is 3.48. The van der Waals surface area contributed by atoms with E-state index in [2.05, 4.69) is 10.2 Å². The summed E-state index contributed by atoms with van der Waals surface area (Å²) < 4.78 is 10.5. The summed E-state index contributed by atoms with van der Waals surface area (Å²) in [6.07, 6.45) is 1.80. The second-order valence-electron chi connectivity index (χ2n) is 6.83. The molecule has 0 spiro atoms. The van der Waals surface area contributed by atoms with Crippen LogP contribution in [-0.4, -0.2) is 38.1 Å². The van der Waals surface area contributed by atoms with E-state index in [0.717, 1.165) is 24.9 Å². The molecule has 2 aromatic rings. The lowest BCUT2D eigenvalue weighted by Gasteiger charge is -2.32. The van der Waals surface area contributed by atoms with E-state index in [9.17, 15) is 4.79 Å². The van der Waals surface area contributed by atoms with Crippen LogP contribution in [0.4, 0.5) is 5.69 Å². The van der Waals surface area contributed by atoms with Gasteiger partial charge in [-0.25, -0.2) is 0 Å². The number of nitrogens with one attached hydrogen (secondary N) is 1. The van der Waals surface area contributed by atoms with Gasteiger partial charge in [-0.3, -0.25) is 9.69 Å². The second-order valence-corrected chi connectivity index (χ2v) is 7.65. The number of amides is 1. The summed E-state index contributed by atoms with van der Waals surface area (Å²) in [5.74, 6) is 1.12. The lowest BCUT2D eigenvalue weighted by molar-refractivity contribution is -0.121. The van der Waals surface area contributed by atoms with Crippen LogP contribution in [0.3, 0.4) is 0 Å². The predicted molar refractivity (Wildman–Crippen MR) is 113 cm³/mol. The summed E-state index contributed by atoms with van der Waals surface area (Å²) in [4.78, 5) is 15.0. The summed E-state index contributed by atoms with van der Waals surface area (Å²) in [5.41, 5.74) is 1.60. The van der Waals surface area contributed by atoms with Gasteiger partial charge in [0.25, 0.3) is 0 Å². The van der Waals surface area contributed by atoms with Gasteiger partial charge in [-0.15, -0.1) is 0 Å². The number of rotatable bonds is 6. The molecular formula is C21H24Cl2N2O3. The molecule has 0 bridgehead atoms. The Morgan fingerprint density at radius 1 is 1.14 bits per heavy atom. The number of halogens is 2. The molecule has 1 N–H and O–H groups in total. The number of ether oxygens (including phenoxy) is 2. The highest BCUT2D eigenvalue weighted by Gasteiger charge is 2.27. The number of piperidine rings is 1. The van der Waals surface area contributed by atoms with Crippen molar-refractivity contribution >= 4 is 34.8 Å². The summed E-state index contributed by atoms with van der Waals surface area (Å²) >= 11 is 12.6. The minimum absolute atomic E-state index is 0.00201. The van der Waals surface area contributed by atoms with Crippen molar-refractivity contribution < 1.29 is 14.3 Å². The highest BCUT2D eigenvalue weighted by atomic mass is 35.5. The topological polar surface area (TPSA) is 50.8 Å². The summed E-state index contributed by atoms with van der Waals surface area (Å²) in [5, 5.41) is 4.31. The van der Waals surface area contributed by atoms with Crippen LogP contribution in [0.1, 0.15) is 18.4 Å². The zero-order valence-electron chi connectivity index (χ0n) is 16.0. The average Bonchev–Trinajstić information content (AvgIpc) is 2.71. The smallest absolute Gasteiger partial charge is 0.228 e. The Labute approximate surface area is 175 Å². The Balaban J connectivity index is 1.64. The van der Waals surface area contributed by atoms with Crippen LogP contribution in [0.25, 0.3) is 0 Å². The first-order valence-electron chi connectivity index (χ1n) is 9.20. The number of carbonyl (C=O) groups excluding carboxylic acids is 1. The molecular weight excluding hydrogens is 399 g/mol. The Bertz CT molecular complexity index is 824. The number of carbonyl (C=O) groups is 1. The third-order valence-electron chi connectivity index (χ3n) is 4.97. The average molecular weight is 423 g/mol. The van der Waals surface area contributed by atoms with E-state index < -0.39 is 0 Å². The molecule has 0 aromatic heterocycles. The van der Waals surface area contributed by atoms with E-state index in [1.165, 1.54) is 0 Å². The van der Waals surface area contributed by atoms with Crippen LogP contribution < -0.4 is 14.8 Å². The van der Waals surface area contributed by atoms with Gasteiger partial charge in [0, 0.05) is 40.5 Å². The number of likely N-dealkylation sites (tertiary alicyclic amines) is 1. The summed E-state index contributed by atoms with van der Waals surface area (Å²) in [6, 6.07) is 10.9. The Morgan fingerprint density at radius 2 is 1.86 bits per heavy atom. The monoisotopic (exact) mass is 422 g/mol. The number of benzene rings is 2. The van der Waals surface area contributed by atoms with Gasteiger partial charge in [-0.1, -0.05) is 29.3 Å². The Hall–Kier alpha value is -1.95. The lowest BCUT2D eigenvalue weighted by atomic mass is 9.96. The quantitative estimate of drug-likeness (QED) is 0.721. The van der Waals surface area contributed by atoms with E-state index in [1.54, 1.807) is 26.4 Å². The molecule has 0 radical (unpaired) electrons. The van der Waals surface area contributed by atoms with Gasteiger partial charge in [0.1, 0.15) is 0 Å². The molecule has 2 aromatic carbocycles. The van der Waals surface area contributed by atoms with E-state index in [4.69, 9.17) is 32.7 Å². The zero-order chi connectivity index (χ0) is 20.1. The molecule has 28 heavy (non-hydrogen) atoms. The highest BCUT2D eigenvalue weighted by molar-refractivity contribution is 6.35. The molecule has 3 rings (SSSR count). The van der Waals surface area contributed by atoms with Crippen LogP contribution in [0.2, 0.25) is 10.0 Å². The number of nitrogens with zero attached hydrogens (tertiary/aromatic N) is 1. The van der Waals surface area contributed by atoms with E-state index in [0.29, 0.717) is 40.3 Å². The van der Waals surface area contributed by atoms with Gasteiger partial charge in [0.15, 0.2) is 11.5 Å². The minimum Gasteiger partial charge on any atom is -0.493 e. The van der Waals surface area contributed by atoms with Crippen molar-refractivity contribution in [3.8, 4) is 11.5 Å². The Kier molecular flexibility index (Phi) is 7.05. The number of anilines is 1. The number of hydrogen-bond donors (Lipinski definition) is 1. The van der Waals surface area contributed by atoms with Crippen LogP contribution in [0.15, 0.2) is 36.4 Å². The van der Waals surface area contributed by atoms with Crippen molar-refractivity contribution in [3.05, 3.63) is 52.0 Å². The third kappa shape index (κ3) is 4.90. The third-order valence-corrected chi connectivity index (χ3v) is 5.68. The van der Waals surface area contributed by atoms with E-state index in [-0.39, 0.29) is 11.8 Å². The van der Waals surface area contributed by atoms with Crippen LogP contribution in [0.5, 0.6) is 11.5 Å². The van der Waals surface area contributed by atoms with Crippen LogP contribution in [-0.2, 0) is 11.3 Å².